The monoisotopic (exact) mass is 252 g/mol. The second-order valence-corrected chi connectivity index (χ2v) is 4.42. The number of benzene rings is 2. The fraction of sp³-hybridized carbons (Fsp3) is 0.176. The molecule has 0 aromatic heterocycles. The van der Waals surface area contributed by atoms with Crippen LogP contribution in [-0.2, 0) is 0 Å². The molecule has 0 saturated heterocycles. The lowest BCUT2D eigenvalue weighted by molar-refractivity contribution is 0.0985. The molecule has 0 heterocycles. The van der Waals surface area contributed by atoms with Gasteiger partial charge in [-0.15, -0.1) is 0 Å². The van der Waals surface area contributed by atoms with Crippen molar-refractivity contribution in [1.29, 1.82) is 0 Å². The molecule has 96 valence electrons. The first kappa shape index (κ1) is 13.2. The third-order valence-electron chi connectivity index (χ3n) is 3.15. The first-order valence-electron chi connectivity index (χ1n) is 6.37. The maximum atomic E-state index is 12.0. The molecule has 0 amide bonds. The average molecular weight is 252 g/mol. The third kappa shape index (κ3) is 2.63. The highest BCUT2D eigenvalue weighted by Gasteiger charge is 2.14. The van der Waals surface area contributed by atoms with Crippen molar-refractivity contribution in [3.63, 3.8) is 0 Å². The number of hydrogen-bond donors (Lipinski definition) is 0. The van der Waals surface area contributed by atoms with Crippen molar-refractivity contribution in [2.75, 3.05) is 0 Å². The van der Waals surface area contributed by atoms with Crippen LogP contribution in [-0.4, -0.2) is 11.6 Å². The number of rotatable bonds is 4. The van der Waals surface area contributed by atoms with E-state index in [1.165, 1.54) is 0 Å². The lowest BCUT2D eigenvalue weighted by atomic mass is 9.92. The van der Waals surface area contributed by atoms with Crippen LogP contribution in [0.3, 0.4) is 0 Å². The predicted octanol–water partition coefficient (Wildman–Crippen LogP) is 4.15. The molecule has 2 heteroatoms. The number of hydrogen-bond acceptors (Lipinski definition) is 2. The van der Waals surface area contributed by atoms with Gasteiger partial charge in [0, 0.05) is 17.5 Å². The Morgan fingerprint density at radius 2 is 1.32 bits per heavy atom. The van der Waals surface area contributed by atoms with Crippen molar-refractivity contribution in [3.8, 4) is 11.1 Å². The van der Waals surface area contributed by atoms with Crippen molar-refractivity contribution < 1.29 is 9.59 Å². The Bertz CT molecular complexity index is 627. The molecule has 19 heavy (non-hydrogen) atoms. The van der Waals surface area contributed by atoms with Crippen LogP contribution in [0.1, 0.15) is 41.0 Å². The molecule has 2 aromatic rings. The highest BCUT2D eigenvalue weighted by molar-refractivity contribution is 6.06. The summed E-state index contributed by atoms with van der Waals surface area (Å²) in [5, 5.41) is 0. The van der Waals surface area contributed by atoms with E-state index in [0.29, 0.717) is 17.5 Å². The van der Waals surface area contributed by atoms with Gasteiger partial charge in [0.25, 0.3) is 0 Å². The second kappa shape index (κ2) is 5.61. The summed E-state index contributed by atoms with van der Waals surface area (Å²) >= 11 is 0. The van der Waals surface area contributed by atoms with Crippen molar-refractivity contribution in [2.24, 2.45) is 0 Å². The molecular formula is C17H16O2. The number of carbonyl (C=O) groups is 2. The quantitative estimate of drug-likeness (QED) is 0.766. The lowest BCUT2D eigenvalue weighted by Gasteiger charge is -2.11. The largest absolute Gasteiger partial charge is 0.294 e. The van der Waals surface area contributed by atoms with E-state index < -0.39 is 0 Å². The van der Waals surface area contributed by atoms with E-state index in [1.807, 2.05) is 49.4 Å². The molecule has 0 aliphatic rings. The Kier molecular flexibility index (Phi) is 3.91. The molecule has 0 fully saturated rings. The number of carbonyl (C=O) groups excluding carboxylic acids is 2. The summed E-state index contributed by atoms with van der Waals surface area (Å²) in [5.74, 6) is 0.100. The lowest BCUT2D eigenvalue weighted by Crippen LogP contribution is -2.02. The Labute approximate surface area is 113 Å². The Hall–Kier alpha value is -2.22. The maximum Gasteiger partial charge on any atom is 0.163 e. The second-order valence-electron chi connectivity index (χ2n) is 4.42. The van der Waals surface area contributed by atoms with Crippen LogP contribution < -0.4 is 0 Å². The first-order valence-corrected chi connectivity index (χ1v) is 6.37. The topological polar surface area (TPSA) is 34.1 Å². The molecule has 0 N–H and O–H groups in total. The van der Waals surface area contributed by atoms with Crippen molar-refractivity contribution in [3.05, 3.63) is 59.7 Å². The minimum atomic E-state index is 0.00866. The molecule has 0 spiro atoms. The van der Waals surface area contributed by atoms with Gasteiger partial charge in [-0.1, -0.05) is 55.5 Å². The minimum absolute atomic E-state index is 0.00866. The smallest absolute Gasteiger partial charge is 0.163 e. The van der Waals surface area contributed by atoms with Gasteiger partial charge in [0.2, 0.25) is 0 Å². The molecule has 2 rings (SSSR count). The third-order valence-corrected chi connectivity index (χ3v) is 3.15. The molecule has 0 aliphatic heterocycles. The zero-order valence-corrected chi connectivity index (χ0v) is 11.1. The van der Waals surface area contributed by atoms with Crippen LogP contribution in [0.4, 0.5) is 0 Å². The van der Waals surface area contributed by atoms with Gasteiger partial charge in [0.05, 0.1) is 0 Å². The van der Waals surface area contributed by atoms with E-state index >= 15 is 0 Å². The Morgan fingerprint density at radius 1 is 0.842 bits per heavy atom. The average Bonchev–Trinajstić information content (AvgIpc) is 2.46. The first-order chi connectivity index (χ1) is 9.15. The molecule has 0 bridgehead atoms. The highest BCUT2D eigenvalue weighted by Crippen LogP contribution is 2.28. The molecule has 2 nitrogen and oxygen atoms in total. The van der Waals surface area contributed by atoms with Crippen molar-refractivity contribution in [1.82, 2.24) is 0 Å². The van der Waals surface area contributed by atoms with E-state index in [1.54, 1.807) is 13.0 Å². The van der Waals surface area contributed by atoms with Crippen molar-refractivity contribution in [2.45, 2.75) is 20.3 Å². The highest BCUT2D eigenvalue weighted by atomic mass is 16.1. The SMILES string of the molecule is CCC(=O)c1ccccc1-c1ccccc1C(C)=O. The van der Waals surface area contributed by atoms with Crippen LogP contribution in [0.2, 0.25) is 0 Å². The molecule has 0 unspecified atom stereocenters. The van der Waals surface area contributed by atoms with E-state index in [2.05, 4.69) is 0 Å². The molecule has 0 saturated carbocycles. The molecule has 0 aliphatic carbocycles. The van der Waals surface area contributed by atoms with Gasteiger partial charge in [-0.25, -0.2) is 0 Å². The number of ketones is 2. The van der Waals surface area contributed by atoms with Crippen LogP contribution in [0.5, 0.6) is 0 Å². The van der Waals surface area contributed by atoms with E-state index in [0.717, 1.165) is 11.1 Å². The van der Waals surface area contributed by atoms with Crippen molar-refractivity contribution >= 4 is 11.6 Å². The zero-order valence-electron chi connectivity index (χ0n) is 11.1. The van der Waals surface area contributed by atoms with Gasteiger partial charge < -0.3 is 0 Å². The summed E-state index contributed by atoms with van der Waals surface area (Å²) in [6.07, 6.45) is 0.458. The maximum absolute atomic E-state index is 12.0. The summed E-state index contributed by atoms with van der Waals surface area (Å²) in [6, 6.07) is 14.9. The fourth-order valence-corrected chi connectivity index (χ4v) is 2.18. The summed E-state index contributed by atoms with van der Waals surface area (Å²) < 4.78 is 0. The van der Waals surface area contributed by atoms with Gasteiger partial charge in [-0.2, -0.15) is 0 Å². The standard InChI is InChI=1S/C17H16O2/c1-3-17(19)16-11-7-6-10-15(16)14-9-5-4-8-13(14)12(2)18/h4-11H,3H2,1-2H3. The van der Waals surface area contributed by atoms with Gasteiger partial charge in [0.1, 0.15) is 0 Å². The summed E-state index contributed by atoms with van der Waals surface area (Å²) in [4.78, 5) is 23.7. The van der Waals surface area contributed by atoms with Gasteiger partial charge in [-0.3, -0.25) is 9.59 Å². The van der Waals surface area contributed by atoms with E-state index in [-0.39, 0.29) is 11.6 Å². The Morgan fingerprint density at radius 3 is 1.84 bits per heavy atom. The Balaban J connectivity index is 2.66. The summed E-state index contributed by atoms with van der Waals surface area (Å²) in [5.41, 5.74) is 2.99. The zero-order chi connectivity index (χ0) is 13.8. The predicted molar refractivity (Wildman–Crippen MR) is 76.5 cm³/mol. The fourth-order valence-electron chi connectivity index (χ4n) is 2.18. The van der Waals surface area contributed by atoms with Crippen LogP contribution in [0, 0.1) is 0 Å². The minimum Gasteiger partial charge on any atom is -0.294 e. The summed E-state index contributed by atoms with van der Waals surface area (Å²) in [7, 11) is 0. The summed E-state index contributed by atoms with van der Waals surface area (Å²) in [6.45, 7) is 3.39. The van der Waals surface area contributed by atoms with E-state index in [4.69, 9.17) is 0 Å². The molecule has 0 atom stereocenters. The molecule has 0 radical (unpaired) electrons. The molecular weight excluding hydrogens is 236 g/mol. The van der Waals surface area contributed by atoms with Crippen LogP contribution >= 0.6 is 0 Å². The number of Topliss-reactive ketones (excluding diaryl/α,β-unsaturated/α-hetero) is 2. The van der Waals surface area contributed by atoms with Gasteiger partial charge in [0.15, 0.2) is 11.6 Å². The molecule has 2 aromatic carbocycles. The van der Waals surface area contributed by atoms with E-state index in [9.17, 15) is 9.59 Å². The van der Waals surface area contributed by atoms with Crippen LogP contribution in [0.25, 0.3) is 11.1 Å². The van der Waals surface area contributed by atoms with Gasteiger partial charge in [-0.05, 0) is 18.1 Å². The van der Waals surface area contributed by atoms with Gasteiger partial charge >= 0.3 is 0 Å². The van der Waals surface area contributed by atoms with Crippen LogP contribution in [0.15, 0.2) is 48.5 Å². The normalized spacial score (nSPS) is 10.2.